The monoisotopic (exact) mass is 433 g/mol. The van der Waals surface area contributed by atoms with Crippen LogP contribution in [-0.4, -0.2) is 67.4 Å². The molecule has 1 N–H and O–H groups in total. The smallest absolute Gasteiger partial charge is 0.254 e. The second-order valence-electron chi connectivity index (χ2n) is 7.83. The lowest BCUT2D eigenvalue weighted by molar-refractivity contribution is 0.0610. The zero-order valence-corrected chi connectivity index (χ0v) is 17.9. The summed E-state index contributed by atoms with van der Waals surface area (Å²) in [4.78, 5) is 30.3. The number of rotatable bonds is 4. The molecule has 0 spiro atoms. The molecule has 8 nitrogen and oxygen atoms in total. The number of hydrogen-bond donors (Lipinski definition) is 1. The molecule has 30 heavy (non-hydrogen) atoms. The van der Waals surface area contributed by atoms with Gasteiger partial charge in [-0.15, -0.1) is 0 Å². The first kappa shape index (κ1) is 21.0. The molecule has 1 unspecified atom stereocenters. The quantitative estimate of drug-likeness (QED) is 0.795. The SMILES string of the molecule is CCC1CCCCN1C(=O)c1cc(=O)[nH]c2ccc(S(=O)(=O)N3CCOCC3)cc12. The van der Waals surface area contributed by atoms with Gasteiger partial charge in [0, 0.05) is 42.6 Å². The third-order valence-electron chi connectivity index (χ3n) is 6.01. The number of carbonyl (C=O) groups excluding carboxylic acids is 1. The summed E-state index contributed by atoms with van der Waals surface area (Å²) in [5, 5.41) is 0.453. The molecule has 2 aliphatic rings. The Morgan fingerprint density at radius 2 is 1.93 bits per heavy atom. The maximum absolute atomic E-state index is 13.4. The predicted octanol–water partition coefficient (Wildman–Crippen LogP) is 1.95. The van der Waals surface area contributed by atoms with E-state index in [1.165, 1.54) is 22.5 Å². The molecule has 2 fully saturated rings. The van der Waals surface area contributed by atoms with Gasteiger partial charge >= 0.3 is 0 Å². The Kier molecular flexibility index (Phi) is 5.95. The molecule has 162 valence electrons. The fourth-order valence-corrected chi connectivity index (χ4v) is 5.79. The lowest BCUT2D eigenvalue weighted by Crippen LogP contribution is -2.43. The fourth-order valence-electron chi connectivity index (χ4n) is 4.35. The van der Waals surface area contributed by atoms with Gasteiger partial charge in [0.2, 0.25) is 15.6 Å². The highest BCUT2D eigenvalue weighted by molar-refractivity contribution is 7.89. The Morgan fingerprint density at radius 1 is 1.17 bits per heavy atom. The number of carbonyl (C=O) groups is 1. The minimum atomic E-state index is -3.71. The topological polar surface area (TPSA) is 99.8 Å². The van der Waals surface area contributed by atoms with Crippen molar-refractivity contribution in [1.82, 2.24) is 14.2 Å². The number of fused-ring (bicyclic) bond motifs is 1. The number of benzene rings is 1. The third-order valence-corrected chi connectivity index (χ3v) is 7.91. The first-order chi connectivity index (χ1) is 14.4. The van der Waals surface area contributed by atoms with Gasteiger partial charge in [0.15, 0.2) is 0 Å². The molecule has 3 heterocycles. The fraction of sp³-hybridized carbons (Fsp3) is 0.524. The highest BCUT2D eigenvalue weighted by atomic mass is 32.2. The van der Waals surface area contributed by atoms with Gasteiger partial charge in [-0.05, 0) is 43.9 Å². The van der Waals surface area contributed by atoms with E-state index in [0.717, 1.165) is 25.7 Å². The second-order valence-corrected chi connectivity index (χ2v) is 9.77. The number of aromatic nitrogens is 1. The normalized spacial score (nSPS) is 21.1. The molecule has 1 aromatic heterocycles. The Morgan fingerprint density at radius 3 is 2.67 bits per heavy atom. The van der Waals surface area contributed by atoms with Crippen molar-refractivity contribution in [3.63, 3.8) is 0 Å². The van der Waals surface area contributed by atoms with Gasteiger partial charge in [0.05, 0.1) is 23.7 Å². The Bertz CT molecular complexity index is 1110. The van der Waals surface area contributed by atoms with Crippen molar-refractivity contribution in [3.05, 3.63) is 40.2 Å². The van der Waals surface area contributed by atoms with E-state index in [-0.39, 0.29) is 28.0 Å². The summed E-state index contributed by atoms with van der Waals surface area (Å²) in [6.07, 6.45) is 3.81. The number of sulfonamides is 1. The number of nitrogens with zero attached hydrogens (tertiary/aromatic N) is 2. The molecule has 1 aromatic carbocycles. The molecule has 2 aliphatic heterocycles. The largest absolute Gasteiger partial charge is 0.379 e. The highest BCUT2D eigenvalue weighted by Gasteiger charge is 2.30. The lowest BCUT2D eigenvalue weighted by Gasteiger charge is -2.35. The number of ether oxygens (including phenoxy) is 1. The van der Waals surface area contributed by atoms with E-state index in [9.17, 15) is 18.0 Å². The Balaban J connectivity index is 1.79. The maximum Gasteiger partial charge on any atom is 0.254 e. The van der Waals surface area contributed by atoms with E-state index in [4.69, 9.17) is 4.74 Å². The van der Waals surface area contributed by atoms with Crippen molar-refractivity contribution in [3.8, 4) is 0 Å². The van der Waals surface area contributed by atoms with Crippen molar-refractivity contribution in [2.45, 2.75) is 43.5 Å². The van der Waals surface area contributed by atoms with Crippen LogP contribution in [0.4, 0.5) is 0 Å². The molecule has 9 heteroatoms. The summed E-state index contributed by atoms with van der Waals surface area (Å²) in [6.45, 7) is 4.01. The number of piperidine rings is 1. The van der Waals surface area contributed by atoms with Crippen molar-refractivity contribution in [2.24, 2.45) is 0 Å². The molecule has 0 saturated carbocycles. The van der Waals surface area contributed by atoms with E-state index >= 15 is 0 Å². The molecular weight excluding hydrogens is 406 g/mol. The van der Waals surface area contributed by atoms with Crippen molar-refractivity contribution in [2.75, 3.05) is 32.8 Å². The molecule has 4 rings (SSSR count). The van der Waals surface area contributed by atoms with Crippen LogP contribution in [0.5, 0.6) is 0 Å². The van der Waals surface area contributed by atoms with E-state index in [1.54, 1.807) is 6.07 Å². The summed E-state index contributed by atoms with van der Waals surface area (Å²) in [5.74, 6) is -0.210. The Labute approximate surface area is 175 Å². The van der Waals surface area contributed by atoms with E-state index in [0.29, 0.717) is 43.8 Å². The number of hydrogen-bond acceptors (Lipinski definition) is 5. The maximum atomic E-state index is 13.4. The van der Waals surface area contributed by atoms with Crippen molar-refractivity contribution >= 4 is 26.8 Å². The minimum absolute atomic E-state index is 0.115. The molecule has 1 amide bonds. The van der Waals surface area contributed by atoms with Crippen LogP contribution in [0.3, 0.4) is 0 Å². The average Bonchev–Trinajstić information content (AvgIpc) is 2.78. The summed E-state index contributed by atoms with van der Waals surface area (Å²) < 4.78 is 32.8. The number of morpholine rings is 1. The van der Waals surface area contributed by atoms with Crippen LogP contribution in [0.1, 0.15) is 43.0 Å². The predicted molar refractivity (Wildman–Crippen MR) is 113 cm³/mol. The zero-order chi connectivity index (χ0) is 21.3. The zero-order valence-electron chi connectivity index (χ0n) is 17.1. The average molecular weight is 434 g/mol. The van der Waals surface area contributed by atoms with Crippen LogP contribution < -0.4 is 5.56 Å². The molecule has 2 aromatic rings. The molecule has 2 saturated heterocycles. The third kappa shape index (κ3) is 3.89. The summed E-state index contributed by atoms with van der Waals surface area (Å²) in [5.41, 5.74) is 0.338. The van der Waals surface area contributed by atoms with Gasteiger partial charge in [-0.2, -0.15) is 4.31 Å². The van der Waals surface area contributed by atoms with E-state index in [2.05, 4.69) is 11.9 Å². The van der Waals surface area contributed by atoms with Gasteiger partial charge in [0.25, 0.3) is 5.91 Å². The molecule has 0 bridgehead atoms. The molecule has 1 atom stereocenters. The number of likely N-dealkylation sites (tertiary alicyclic amines) is 1. The summed E-state index contributed by atoms with van der Waals surface area (Å²) in [6, 6.07) is 5.98. The minimum Gasteiger partial charge on any atom is -0.379 e. The highest BCUT2D eigenvalue weighted by Crippen LogP contribution is 2.27. The number of H-pyrrole nitrogens is 1. The summed E-state index contributed by atoms with van der Waals surface area (Å²) in [7, 11) is -3.71. The van der Waals surface area contributed by atoms with Crippen LogP contribution in [-0.2, 0) is 14.8 Å². The summed E-state index contributed by atoms with van der Waals surface area (Å²) >= 11 is 0. The number of pyridine rings is 1. The molecule has 0 radical (unpaired) electrons. The number of aromatic amines is 1. The Hall–Kier alpha value is -2.23. The molecule has 0 aliphatic carbocycles. The van der Waals surface area contributed by atoms with E-state index < -0.39 is 10.0 Å². The first-order valence-corrected chi connectivity index (χ1v) is 11.9. The number of amides is 1. The van der Waals surface area contributed by atoms with E-state index in [1.807, 2.05) is 4.90 Å². The van der Waals surface area contributed by atoms with Crippen LogP contribution in [0.2, 0.25) is 0 Å². The van der Waals surface area contributed by atoms with Crippen molar-refractivity contribution < 1.29 is 17.9 Å². The molecular formula is C21H27N3O5S. The van der Waals surface area contributed by atoms with Gasteiger partial charge in [-0.1, -0.05) is 6.92 Å². The van der Waals surface area contributed by atoms with Gasteiger partial charge in [-0.25, -0.2) is 8.42 Å². The van der Waals surface area contributed by atoms with Crippen LogP contribution in [0, 0.1) is 0 Å². The van der Waals surface area contributed by atoms with Crippen LogP contribution in [0.25, 0.3) is 10.9 Å². The van der Waals surface area contributed by atoms with Crippen molar-refractivity contribution in [1.29, 1.82) is 0 Å². The lowest BCUT2D eigenvalue weighted by atomic mass is 9.98. The first-order valence-electron chi connectivity index (χ1n) is 10.5. The van der Waals surface area contributed by atoms with Gasteiger partial charge in [0.1, 0.15) is 0 Å². The standard InChI is InChI=1S/C21H27N3O5S/c1-2-15-5-3-4-8-24(15)21(26)18-14-20(25)22-19-7-6-16(13-17(18)19)30(27,28)23-9-11-29-12-10-23/h6-7,13-15H,2-5,8-12H2,1H3,(H,22,25). The van der Waals surface area contributed by atoms with Gasteiger partial charge in [-0.3, -0.25) is 9.59 Å². The second kappa shape index (κ2) is 8.49. The van der Waals surface area contributed by atoms with Gasteiger partial charge < -0.3 is 14.6 Å². The van der Waals surface area contributed by atoms with Crippen LogP contribution in [0.15, 0.2) is 34.0 Å². The van der Waals surface area contributed by atoms with Crippen LogP contribution >= 0.6 is 0 Å². The number of nitrogens with one attached hydrogen (secondary N) is 1.